The van der Waals surface area contributed by atoms with E-state index < -0.39 is 14.9 Å². The van der Waals surface area contributed by atoms with E-state index in [1.807, 2.05) is 0 Å². The second kappa shape index (κ2) is 7.91. The highest BCUT2D eigenvalue weighted by atomic mass is 32.2. The van der Waals surface area contributed by atoms with Crippen molar-refractivity contribution in [2.24, 2.45) is 0 Å². The molecule has 0 saturated carbocycles. The summed E-state index contributed by atoms with van der Waals surface area (Å²) in [7, 11) is -3.73. The van der Waals surface area contributed by atoms with E-state index in [4.69, 9.17) is 4.74 Å². The van der Waals surface area contributed by atoms with Crippen LogP contribution in [0.25, 0.3) is 0 Å². The summed E-state index contributed by atoms with van der Waals surface area (Å²) in [5.74, 6) is 0. The maximum absolute atomic E-state index is 12.5. The fourth-order valence-corrected chi connectivity index (χ4v) is 4.19. The average Bonchev–Trinajstić information content (AvgIpc) is 3.07. The predicted octanol–water partition coefficient (Wildman–Crippen LogP) is 2.22. The molecule has 134 valence electrons. The van der Waals surface area contributed by atoms with Gasteiger partial charge in [0.2, 0.25) is 10.0 Å². The number of ether oxygens (including phenoxy) is 1. The lowest BCUT2D eigenvalue weighted by molar-refractivity contribution is -0.384. The third-order valence-electron chi connectivity index (χ3n) is 4.05. The Morgan fingerprint density at radius 2 is 2.08 bits per heavy atom. The Bertz CT molecular complexity index is 682. The van der Waals surface area contributed by atoms with Crippen molar-refractivity contribution in [2.45, 2.75) is 37.7 Å². The van der Waals surface area contributed by atoms with Crippen LogP contribution in [0.1, 0.15) is 26.7 Å². The van der Waals surface area contributed by atoms with E-state index in [-0.39, 0.29) is 16.7 Å². The third kappa shape index (κ3) is 4.03. The van der Waals surface area contributed by atoms with Crippen molar-refractivity contribution < 1.29 is 18.1 Å². The molecule has 0 aliphatic carbocycles. The smallest absolute Gasteiger partial charge is 0.293 e. The quantitative estimate of drug-likeness (QED) is 0.565. The minimum absolute atomic E-state index is 0.0312. The number of nitrogens with one attached hydrogen (secondary N) is 1. The molecule has 1 fully saturated rings. The number of sulfonamides is 1. The molecule has 1 aliphatic rings. The van der Waals surface area contributed by atoms with Crippen LogP contribution in [-0.4, -0.2) is 50.0 Å². The minimum Gasteiger partial charge on any atom is -0.377 e. The number of nitro groups is 1. The summed E-state index contributed by atoms with van der Waals surface area (Å²) in [5.41, 5.74) is 0.0511. The van der Waals surface area contributed by atoms with Crippen LogP contribution in [0.3, 0.4) is 0 Å². The number of rotatable bonds is 8. The third-order valence-corrected chi connectivity index (χ3v) is 6.10. The van der Waals surface area contributed by atoms with E-state index >= 15 is 0 Å². The first-order valence-corrected chi connectivity index (χ1v) is 9.48. The highest BCUT2D eigenvalue weighted by Crippen LogP contribution is 2.29. The first-order valence-electron chi connectivity index (χ1n) is 8.04. The van der Waals surface area contributed by atoms with Gasteiger partial charge in [0, 0.05) is 32.3 Å². The van der Waals surface area contributed by atoms with E-state index in [0.29, 0.717) is 31.9 Å². The van der Waals surface area contributed by atoms with Crippen LogP contribution in [0.5, 0.6) is 0 Å². The molecule has 0 radical (unpaired) electrons. The van der Waals surface area contributed by atoms with Crippen LogP contribution in [0, 0.1) is 10.1 Å². The van der Waals surface area contributed by atoms with Crippen LogP contribution in [-0.2, 0) is 14.8 Å². The second-order valence-electron chi connectivity index (χ2n) is 5.54. The van der Waals surface area contributed by atoms with Gasteiger partial charge in [0.15, 0.2) is 0 Å². The Hall–Kier alpha value is -1.71. The maximum Gasteiger partial charge on any atom is 0.293 e. The number of nitrogens with zero attached hydrogens (tertiary/aromatic N) is 2. The Morgan fingerprint density at radius 1 is 1.38 bits per heavy atom. The van der Waals surface area contributed by atoms with E-state index in [9.17, 15) is 18.5 Å². The van der Waals surface area contributed by atoms with Crippen molar-refractivity contribution in [2.75, 3.05) is 31.6 Å². The Labute approximate surface area is 142 Å². The molecule has 0 amide bonds. The summed E-state index contributed by atoms with van der Waals surface area (Å²) in [6.45, 7) is 5.25. The van der Waals surface area contributed by atoms with Crippen LogP contribution in [0.2, 0.25) is 0 Å². The van der Waals surface area contributed by atoms with E-state index in [2.05, 4.69) is 5.32 Å². The summed E-state index contributed by atoms with van der Waals surface area (Å²) in [6.07, 6.45) is 1.92. The monoisotopic (exact) mass is 357 g/mol. The van der Waals surface area contributed by atoms with E-state index in [1.165, 1.54) is 16.4 Å². The first-order chi connectivity index (χ1) is 11.4. The van der Waals surface area contributed by atoms with Crippen molar-refractivity contribution in [3.63, 3.8) is 0 Å². The predicted molar refractivity (Wildman–Crippen MR) is 90.7 cm³/mol. The summed E-state index contributed by atoms with van der Waals surface area (Å²) in [4.78, 5) is 10.7. The van der Waals surface area contributed by atoms with Crippen molar-refractivity contribution in [3.05, 3.63) is 28.3 Å². The van der Waals surface area contributed by atoms with Gasteiger partial charge in [-0.2, -0.15) is 4.31 Å². The molecular weight excluding hydrogens is 334 g/mol. The number of anilines is 1. The fraction of sp³-hybridized carbons (Fsp3) is 0.600. The number of benzene rings is 1. The van der Waals surface area contributed by atoms with Gasteiger partial charge in [-0.1, -0.05) is 13.8 Å². The normalized spacial score (nSPS) is 18.0. The fourth-order valence-electron chi connectivity index (χ4n) is 2.71. The van der Waals surface area contributed by atoms with E-state index in [1.54, 1.807) is 13.8 Å². The molecule has 0 unspecified atom stereocenters. The Morgan fingerprint density at radius 3 is 2.62 bits per heavy atom. The molecule has 9 heteroatoms. The molecule has 0 bridgehead atoms. The topological polar surface area (TPSA) is 102 Å². The minimum atomic E-state index is -3.73. The molecule has 1 atom stereocenters. The van der Waals surface area contributed by atoms with Crippen LogP contribution in [0.4, 0.5) is 11.4 Å². The Balaban J connectivity index is 2.27. The van der Waals surface area contributed by atoms with E-state index in [0.717, 1.165) is 18.9 Å². The average molecular weight is 357 g/mol. The SMILES string of the molecule is CCN(CC)S(=O)(=O)c1ccc(NC[C@@H]2CCCO2)c([N+](=O)[O-])c1. The van der Waals surface area contributed by atoms with Gasteiger partial charge in [-0.25, -0.2) is 8.42 Å². The first kappa shape index (κ1) is 18.6. The molecule has 1 aromatic carbocycles. The van der Waals surface area contributed by atoms with Gasteiger partial charge in [0.05, 0.1) is 15.9 Å². The lowest BCUT2D eigenvalue weighted by Gasteiger charge is -2.19. The van der Waals surface area contributed by atoms with Gasteiger partial charge < -0.3 is 10.1 Å². The molecule has 1 heterocycles. The largest absolute Gasteiger partial charge is 0.377 e. The highest BCUT2D eigenvalue weighted by molar-refractivity contribution is 7.89. The molecule has 0 spiro atoms. The molecule has 0 aromatic heterocycles. The summed E-state index contributed by atoms with van der Waals surface area (Å²) >= 11 is 0. The maximum atomic E-state index is 12.5. The van der Waals surface area contributed by atoms with Crippen molar-refractivity contribution >= 4 is 21.4 Å². The van der Waals surface area contributed by atoms with Crippen LogP contribution < -0.4 is 5.32 Å². The molecule has 1 saturated heterocycles. The second-order valence-corrected chi connectivity index (χ2v) is 7.48. The molecule has 2 rings (SSSR count). The lowest BCUT2D eigenvalue weighted by atomic mass is 10.2. The van der Waals surface area contributed by atoms with Crippen molar-refractivity contribution in [1.29, 1.82) is 0 Å². The van der Waals surface area contributed by atoms with Gasteiger partial charge >= 0.3 is 0 Å². The Kier molecular flexibility index (Phi) is 6.14. The summed E-state index contributed by atoms with van der Waals surface area (Å²) in [6, 6.07) is 3.97. The van der Waals surface area contributed by atoms with Crippen LogP contribution >= 0.6 is 0 Å². The molecule has 1 N–H and O–H groups in total. The molecule has 24 heavy (non-hydrogen) atoms. The zero-order valence-electron chi connectivity index (χ0n) is 13.9. The summed E-state index contributed by atoms with van der Waals surface area (Å²) in [5, 5.41) is 14.3. The molecule has 1 aliphatic heterocycles. The number of hydrogen-bond donors (Lipinski definition) is 1. The zero-order chi connectivity index (χ0) is 17.7. The van der Waals surface area contributed by atoms with Gasteiger partial charge in [-0.3, -0.25) is 10.1 Å². The highest BCUT2D eigenvalue weighted by Gasteiger charge is 2.26. The molecule has 1 aromatic rings. The van der Waals surface area contributed by atoms with Gasteiger partial charge in [0.25, 0.3) is 5.69 Å². The number of nitro benzene ring substituents is 1. The molecular formula is C15H23N3O5S. The number of hydrogen-bond acceptors (Lipinski definition) is 6. The van der Waals surface area contributed by atoms with Gasteiger partial charge in [-0.05, 0) is 25.0 Å². The standard InChI is InChI=1S/C15H23N3O5S/c1-3-17(4-2)24(21,22)13-7-8-14(15(10-13)18(19)20)16-11-12-6-5-9-23-12/h7-8,10,12,16H,3-6,9,11H2,1-2H3/t12-/m0/s1. The van der Waals surface area contributed by atoms with Crippen LogP contribution in [0.15, 0.2) is 23.1 Å². The summed E-state index contributed by atoms with van der Waals surface area (Å²) < 4.78 is 31.8. The van der Waals surface area contributed by atoms with Crippen molar-refractivity contribution in [1.82, 2.24) is 4.31 Å². The van der Waals surface area contributed by atoms with Gasteiger partial charge in [0.1, 0.15) is 5.69 Å². The molecule has 8 nitrogen and oxygen atoms in total. The zero-order valence-corrected chi connectivity index (χ0v) is 14.7. The van der Waals surface area contributed by atoms with Gasteiger partial charge in [-0.15, -0.1) is 0 Å². The lowest BCUT2D eigenvalue weighted by Crippen LogP contribution is -2.30. The van der Waals surface area contributed by atoms with Crippen molar-refractivity contribution in [3.8, 4) is 0 Å².